The van der Waals surface area contributed by atoms with E-state index in [0.717, 1.165) is 32.6 Å². The standard InChI is InChI=1S/C10H18N2O2/c11-9(13)7-12-5-6-14-8-10(12)3-1-2-4-10/h1-8H2,(H2,11,13). The zero-order valence-corrected chi connectivity index (χ0v) is 8.50. The lowest BCUT2D eigenvalue weighted by Crippen LogP contribution is -2.57. The van der Waals surface area contributed by atoms with E-state index < -0.39 is 0 Å². The van der Waals surface area contributed by atoms with Gasteiger partial charge in [0, 0.05) is 12.1 Å². The molecule has 0 aromatic rings. The molecule has 0 aromatic carbocycles. The molecule has 1 heterocycles. The molecule has 0 bridgehead atoms. The Morgan fingerprint density at radius 3 is 2.79 bits per heavy atom. The predicted molar refractivity (Wildman–Crippen MR) is 52.8 cm³/mol. The molecule has 14 heavy (non-hydrogen) atoms. The van der Waals surface area contributed by atoms with Crippen LogP contribution in [0.5, 0.6) is 0 Å². The fourth-order valence-corrected chi connectivity index (χ4v) is 2.69. The molecule has 1 aliphatic heterocycles. The average molecular weight is 198 g/mol. The topological polar surface area (TPSA) is 55.6 Å². The van der Waals surface area contributed by atoms with Gasteiger partial charge in [-0.15, -0.1) is 0 Å². The van der Waals surface area contributed by atoms with E-state index in [0.29, 0.717) is 6.54 Å². The molecule has 0 aromatic heterocycles. The van der Waals surface area contributed by atoms with Gasteiger partial charge in [0.2, 0.25) is 5.91 Å². The molecule has 80 valence electrons. The Balaban J connectivity index is 2.06. The van der Waals surface area contributed by atoms with Crippen molar-refractivity contribution in [3.8, 4) is 0 Å². The second-order valence-corrected chi connectivity index (χ2v) is 4.37. The number of nitrogens with zero attached hydrogens (tertiary/aromatic N) is 1. The SMILES string of the molecule is NC(=O)CN1CCOCC12CCCC2. The highest BCUT2D eigenvalue weighted by Gasteiger charge is 2.42. The first kappa shape index (κ1) is 9.93. The lowest BCUT2D eigenvalue weighted by Gasteiger charge is -2.44. The Morgan fingerprint density at radius 2 is 2.14 bits per heavy atom. The molecule has 1 spiro atoms. The van der Waals surface area contributed by atoms with Gasteiger partial charge in [0.15, 0.2) is 0 Å². The summed E-state index contributed by atoms with van der Waals surface area (Å²) in [5.74, 6) is -0.224. The largest absolute Gasteiger partial charge is 0.378 e. The lowest BCUT2D eigenvalue weighted by atomic mass is 9.95. The van der Waals surface area contributed by atoms with Crippen LogP contribution in [0.3, 0.4) is 0 Å². The van der Waals surface area contributed by atoms with E-state index in [1.165, 1.54) is 12.8 Å². The minimum Gasteiger partial charge on any atom is -0.378 e. The number of ether oxygens (including phenoxy) is 1. The second kappa shape index (κ2) is 3.87. The quantitative estimate of drug-likeness (QED) is 0.685. The Bertz CT molecular complexity index is 224. The van der Waals surface area contributed by atoms with Crippen LogP contribution in [0.2, 0.25) is 0 Å². The summed E-state index contributed by atoms with van der Waals surface area (Å²) in [6, 6.07) is 0. The van der Waals surface area contributed by atoms with Crippen molar-refractivity contribution >= 4 is 5.91 Å². The molecule has 4 heteroatoms. The number of carbonyl (C=O) groups excluding carboxylic acids is 1. The molecule has 0 unspecified atom stereocenters. The highest BCUT2D eigenvalue weighted by atomic mass is 16.5. The molecule has 0 radical (unpaired) electrons. The van der Waals surface area contributed by atoms with Crippen LogP contribution in [0.15, 0.2) is 0 Å². The van der Waals surface area contributed by atoms with E-state index >= 15 is 0 Å². The molecule has 1 saturated heterocycles. The minimum atomic E-state index is -0.224. The normalized spacial score (nSPS) is 26.9. The Labute approximate surface area is 84.4 Å². The van der Waals surface area contributed by atoms with Gasteiger partial charge < -0.3 is 10.5 Å². The third-order valence-corrected chi connectivity index (χ3v) is 3.43. The summed E-state index contributed by atoms with van der Waals surface area (Å²) in [6.07, 6.45) is 4.80. The summed E-state index contributed by atoms with van der Waals surface area (Å²) >= 11 is 0. The lowest BCUT2D eigenvalue weighted by molar-refractivity contribution is -0.125. The molecular formula is C10H18N2O2. The van der Waals surface area contributed by atoms with Gasteiger partial charge in [-0.1, -0.05) is 12.8 Å². The monoisotopic (exact) mass is 198 g/mol. The molecule has 1 amide bonds. The van der Waals surface area contributed by atoms with Gasteiger partial charge >= 0.3 is 0 Å². The molecule has 2 N–H and O–H groups in total. The molecule has 1 saturated carbocycles. The first-order valence-corrected chi connectivity index (χ1v) is 5.34. The average Bonchev–Trinajstić information content (AvgIpc) is 2.58. The van der Waals surface area contributed by atoms with Gasteiger partial charge in [-0.25, -0.2) is 0 Å². The number of amides is 1. The van der Waals surface area contributed by atoms with Crippen molar-refractivity contribution in [3.05, 3.63) is 0 Å². The molecule has 0 atom stereocenters. The van der Waals surface area contributed by atoms with E-state index in [1.807, 2.05) is 0 Å². The van der Waals surface area contributed by atoms with E-state index in [-0.39, 0.29) is 11.4 Å². The van der Waals surface area contributed by atoms with Crippen molar-refractivity contribution in [1.29, 1.82) is 0 Å². The first-order valence-electron chi connectivity index (χ1n) is 5.34. The van der Waals surface area contributed by atoms with Gasteiger partial charge in [-0.2, -0.15) is 0 Å². The zero-order chi connectivity index (χ0) is 10.0. The van der Waals surface area contributed by atoms with Crippen molar-refractivity contribution in [1.82, 2.24) is 4.90 Å². The van der Waals surface area contributed by atoms with Crippen LogP contribution in [0.1, 0.15) is 25.7 Å². The van der Waals surface area contributed by atoms with Crippen LogP contribution in [-0.4, -0.2) is 42.6 Å². The molecule has 2 aliphatic rings. The van der Waals surface area contributed by atoms with Crippen LogP contribution in [0, 0.1) is 0 Å². The van der Waals surface area contributed by atoms with Crippen molar-refractivity contribution in [2.75, 3.05) is 26.3 Å². The van der Waals surface area contributed by atoms with Crippen LogP contribution in [0.25, 0.3) is 0 Å². The number of hydrogen-bond acceptors (Lipinski definition) is 3. The Kier molecular flexibility index (Phi) is 2.74. The van der Waals surface area contributed by atoms with E-state index in [2.05, 4.69) is 4.90 Å². The maximum absolute atomic E-state index is 10.9. The smallest absolute Gasteiger partial charge is 0.231 e. The van der Waals surface area contributed by atoms with Gasteiger partial charge in [0.1, 0.15) is 0 Å². The summed E-state index contributed by atoms with van der Waals surface area (Å²) in [5.41, 5.74) is 5.39. The molecule has 4 nitrogen and oxygen atoms in total. The number of morpholine rings is 1. The van der Waals surface area contributed by atoms with Crippen molar-refractivity contribution in [2.45, 2.75) is 31.2 Å². The maximum Gasteiger partial charge on any atom is 0.231 e. The van der Waals surface area contributed by atoms with Gasteiger partial charge in [-0.3, -0.25) is 9.69 Å². The molecule has 2 rings (SSSR count). The zero-order valence-electron chi connectivity index (χ0n) is 8.50. The van der Waals surface area contributed by atoms with E-state index in [4.69, 9.17) is 10.5 Å². The first-order chi connectivity index (χ1) is 6.73. The number of rotatable bonds is 2. The fraction of sp³-hybridized carbons (Fsp3) is 0.900. The number of hydrogen-bond donors (Lipinski definition) is 1. The number of nitrogens with two attached hydrogens (primary N) is 1. The number of primary amides is 1. The maximum atomic E-state index is 10.9. The Hall–Kier alpha value is -0.610. The van der Waals surface area contributed by atoms with Gasteiger partial charge in [0.05, 0.1) is 19.8 Å². The van der Waals surface area contributed by atoms with Crippen molar-refractivity contribution in [3.63, 3.8) is 0 Å². The third-order valence-electron chi connectivity index (χ3n) is 3.43. The Morgan fingerprint density at radius 1 is 1.43 bits per heavy atom. The van der Waals surface area contributed by atoms with Crippen LogP contribution < -0.4 is 5.73 Å². The van der Waals surface area contributed by atoms with E-state index in [1.54, 1.807) is 0 Å². The van der Waals surface area contributed by atoms with Crippen molar-refractivity contribution < 1.29 is 9.53 Å². The van der Waals surface area contributed by atoms with Gasteiger partial charge in [-0.05, 0) is 12.8 Å². The van der Waals surface area contributed by atoms with Crippen LogP contribution >= 0.6 is 0 Å². The van der Waals surface area contributed by atoms with Crippen LogP contribution in [0.4, 0.5) is 0 Å². The summed E-state index contributed by atoms with van der Waals surface area (Å²) < 4.78 is 5.53. The highest BCUT2D eigenvalue weighted by molar-refractivity contribution is 5.76. The molecular weight excluding hydrogens is 180 g/mol. The summed E-state index contributed by atoms with van der Waals surface area (Å²) in [7, 11) is 0. The summed E-state index contributed by atoms with van der Waals surface area (Å²) in [4.78, 5) is 13.2. The van der Waals surface area contributed by atoms with Crippen molar-refractivity contribution in [2.24, 2.45) is 5.73 Å². The van der Waals surface area contributed by atoms with E-state index in [9.17, 15) is 4.79 Å². The highest BCUT2D eigenvalue weighted by Crippen LogP contribution is 2.36. The summed E-state index contributed by atoms with van der Waals surface area (Å²) in [6.45, 7) is 2.75. The van der Waals surface area contributed by atoms with Crippen LogP contribution in [-0.2, 0) is 9.53 Å². The fourth-order valence-electron chi connectivity index (χ4n) is 2.69. The minimum absolute atomic E-state index is 0.132. The van der Waals surface area contributed by atoms with Gasteiger partial charge in [0.25, 0.3) is 0 Å². The molecule has 2 fully saturated rings. The molecule has 1 aliphatic carbocycles. The summed E-state index contributed by atoms with van der Waals surface area (Å²) in [5, 5.41) is 0. The number of carbonyl (C=O) groups is 1. The predicted octanol–water partition coefficient (Wildman–Crippen LogP) is 0.117. The second-order valence-electron chi connectivity index (χ2n) is 4.37. The third kappa shape index (κ3) is 1.77.